The van der Waals surface area contributed by atoms with Crippen LogP contribution in [-0.4, -0.2) is 29.4 Å². The van der Waals surface area contributed by atoms with Crippen LogP contribution in [0.5, 0.6) is 0 Å². The topological polar surface area (TPSA) is 49.4 Å². The summed E-state index contributed by atoms with van der Waals surface area (Å²) >= 11 is 0. The third-order valence-corrected chi connectivity index (χ3v) is 3.97. The molecule has 0 saturated carbocycles. The van der Waals surface area contributed by atoms with E-state index in [9.17, 15) is 22.8 Å². The molecule has 0 fully saturated rings. The number of allylic oxidation sites excluding steroid dienone is 3. The first-order valence-corrected chi connectivity index (χ1v) is 7.14. The number of hydrogen-bond donors (Lipinski definition) is 1. The second-order valence-electron chi connectivity index (χ2n) is 5.46. The summed E-state index contributed by atoms with van der Waals surface area (Å²) in [6.07, 6.45) is -0.220. The smallest absolute Gasteiger partial charge is 0.357 e. The Morgan fingerprint density at radius 1 is 1.21 bits per heavy atom. The van der Waals surface area contributed by atoms with Gasteiger partial charge in [0.1, 0.15) is 18.1 Å². The number of aldehydes is 1. The molecule has 1 aromatic rings. The number of benzene rings is 1. The van der Waals surface area contributed by atoms with Gasteiger partial charge in [-0.05, 0) is 18.6 Å². The molecule has 1 atom stereocenters. The number of alkyl halides is 3. The zero-order chi connectivity index (χ0) is 17.5. The Morgan fingerprint density at radius 2 is 1.88 bits per heavy atom. The highest BCUT2D eigenvalue weighted by Gasteiger charge is 2.44. The van der Waals surface area contributed by atoms with Crippen LogP contribution < -0.4 is 5.32 Å². The van der Waals surface area contributed by atoms with Crippen LogP contribution in [0, 0.1) is 0 Å². The first-order chi connectivity index (χ1) is 11.3. The standard InChI is InChI=1S/C17H13F3N2O2/c1-10-14(17(18,19)20)21-15-13(3-2-8-22(15)16(10)24)12-6-4-11(9-23)5-7-12/h2-9,15,21H,1H3. The van der Waals surface area contributed by atoms with E-state index in [1.807, 2.05) is 0 Å². The molecule has 124 valence electrons. The van der Waals surface area contributed by atoms with Crippen molar-refractivity contribution in [3.63, 3.8) is 0 Å². The van der Waals surface area contributed by atoms with Crippen LogP contribution in [0.15, 0.2) is 53.9 Å². The summed E-state index contributed by atoms with van der Waals surface area (Å²) in [6.45, 7) is 1.15. The summed E-state index contributed by atoms with van der Waals surface area (Å²) < 4.78 is 39.6. The molecule has 2 aliphatic rings. The van der Waals surface area contributed by atoms with Crippen molar-refractivity contribution in [2.24, 2.45) is 0 Å². The molecule has 1 N–H and O–H groups in total. The Balaban J connectivity index is 2.02. The van der Waals surface area contributed by atoms with Crippen molar-refractivity contribution in [2.45, 2.75) is 19.3 Å². The molecule has 0 spiro atoms. The van der Waals surface area contributed by atoms with Crippen molar-refractivity contribution in [3.05, 3.63) is 65.0 Å². The molecule has 24 heavy (non-hydrogen) atoms. The van der Waals surface area contributed by atoms with Gasteiger partial charge in [0, 0.05) is 22.9 Å². The number of carbonyl (C=O) groups excluding carboxylic acids is 2. The first kappa shape index (κ1) is 16.0. The van der Waals surface area contributed by atoms with Crippen molar-refractivity contribution >= 4 is 17.8 Å². The third kappa shape index (κ3) is 2.62. The first-order valence-electron chi connectivity index (χ1n) is 7.14. The van der Waals surface area contributed by atoms with Crippen molar-refractivity contribution in [1.29, 1.82) is 0 Å². The lowest BCUT2D eigenvalue weighted by Gasteiger charge is -2.39. The fourth-order valence-corrected chi connectivity index (χ4v) is 2.75. The van der Waals surface area contributed by atoms with E-state index >= 15 is 0 Å². The van der Waals surface area contributed by atoms with Crippen LogP contribution in [0.1, 0.15) is 22.8 Å². The minimum atomic E-state index is -4.64. The third-order valence-electron chi connectivity index (χ3n) is 3.97. The number of halogens is 3. The van der Waals surface area contributed by atoms with E-state index in [2.05, 4.69) is 5.32 Å². The average Bonchev–Trinajstić information content (AvgIpc) is 2.56. The highest BCUT2D eigenvalue weighted by Crippen LogP contribution is 2.35. The number of amides is 1. The lowest BCUT2D eigenvalue weighted by molar-refractivity contribution is -0.132. The van der Waals surface area contributed by atoms with E-state index in [0.29, 0.717) is 23.0 Å². The monoisotopic (exact) mass is 334 g/mol. The molecule has 0 aliphatic carbocycles. The van der Waals surface area contributed by atoms with Crippen molar-refractivity contribution in [2.75, 3.05) is 0 Å². The van der Waals surface area contributed by atoms with Gasteiger partial charge in [-0.15, -0.1) is 0 Å². The van der Waals surface area contributed by atoms with E-state index in [-0.39, 0.29) is 5.57 Å². The van der Waals surface area contributed by atoms with Crippen LogP contribution in [0.25, 0.3) is 5.57 Å². The summed E-state index contributed by atoms with van der Waals surface area (Å²) in [6, 6.07) is 6.42. The average molecular weight is 334 g/mol. The Labute approximate surface area is 135 Å². The van der Waals surface area contributed by atoms with E-state index in [1.54, 1.807) is 36.4 Å². The van der Waals surface area contributed by atoms with Crippen LogP contribution in [0.2, 0.25) is 0 Å². The van der Waals surface area contributed by atoms with Gasteiger partial charge in [0.25, 0.3) is 5.91 Å². The second-order valence-corrected chi connectivity index (χ2v) is 5.46. The number of nitrogens with one attached hydrogen (secondary N) is 1. The summed E-state index contributed by atoms with van der Waals surface area (Å²) in [7, 11) is 0. The molecule has 0 bridgehead atoms. The molecule has 0 saturated heterocycles. The predicted octanol–water partition coefficient (Wildman–Crippen LogP) is 3.00. The number of fused-ring (bicyclic) bond motifs is 1. The van der Waals surface area contributed by atoms with Crippen LogP contribution in [0.3, 0.4) is 0 Å². The quantitative estimate of drug-likeness (QED) is 0.846. The zero-order valence-electron chi connectivity index (χ0n) is 12.6. The van der Waals surface area contributed by atoms with Gasteiger partial charge in [0.2, 0.25) is 0 Å². The van der Waals surface area contributed by atoms with Gasteiger partial charge >= 0.3 is 6.18 Å². The molecule has 2 aliphatic heterocycles. The van der Waals surface area contributed by atoms with Gasteiger partial charge in [-0.25, -0.2) is 0 Å². The molecule has 2 heterocycles. The number of rotatable bonds is 2. The van der Waals surface area contributed by atoms with Crippen molar-refractivity contribution < 1.29 is 22.8 Å². The summed E-state index contributed by atoms with van der Waals surface area (Å²) in [5.74, 6) is -0.697. The van der Waals surface area contributed by atoms with Gasteiger partial charge in [-0.2, -0.15) is 13.2 Å². The molecule has 3 rings (SSSR count). The second kappa shape index (κ2) is 5.67. The Kier molecular flexibility index (Phi) is 3.79. The van der Waals surface area contributed by atoms with Crippen LogP contribution >= 0.6 is 0 Å². The molecule has 1 unspecified atom stereocenters. The van der Waals surface area contributed by atoms with Crippen LogP contribution in [-0.2, 0) is 4.79 Å². The molecule has 0 radical (unpaired) electrons. The number of nitrogens with zero attached hydrogens (tertiary/aromatic N) is 1. The maximum Gasteiger partial charge on any atom is 0.431 e. The number of carbonyl (C=O) groups is 2. The van der Waals surface area contributed by atoms with E-state index in [4.69, 9.17) is 0 Å². The van der Waals surface area contributed by atoms with Crippen molar-refractivity contribution in [3.8, 4) is 0 Å². The summed E-state index contributed by atoms with van der Waals surface area (Å²) in [5.41, 5.74) is 0.196. The molecule has 1 aromatic carbocycles. The maximum absolute atomic E-state index is 13.2. The fourth-order valence-electron chi connectivity index (χ4n) is 2.75. The molecular formula is C17H13F3N2O2. The van der Waals surface area contributed by atoms with E-state index in [0.717, 1.165) is 6.92 Å². The van der Waals surface area contributed by atoms with Gasteiger partial charge in [-0.3, -0.25) is 14.5 Å². The lowest BCUT2D eigenvalue weighted by atomic mass is 9.96. The Bertz CT molecular complexity index is 789. The summed E-state index contributed by atoms with van der Waals surface area (Å²) in [4.78, 5) is 24.3. The van der Waals surface area contributed by atoms with Gasteiger partial charge in [-0.1, -0.05) is 30.3 Å². The lowest BCUT2D eigenvalue weighted by Crippen LogP contribution is -2.54. The molecule has 4 nitrogen and oxygen atoms in total. The molecule has 7 heteroatoms. The highest BCUT2D eigenvalue weighted by molar-refractivity contribution is 5.98. The maximum atomic E-state index is 13.2. The van der Waals surface area contributed by atoms with Crippen LogP contribution in [0.4, 0.5) is 13.2 Å². The Morgan fingerprint density at radius 3 is 2.46 bits per heavy atom. The molecule has 0 aromatic heterocycles. The molecular weight excluding hydrogens is 321 g/mol. The SMILES string of the molecule is CC1=C(C(F)(F)F)NC2C(c3ccc(C=O)cc3)=CC=CN2C1=O. The summed E-state index contributed by atoms with van der Waals surface area (Å²) in [5, 5.41) is 2.42. The highest BCUT2D eigenvalue weighted by atomic mass is 19.4. The van der Waals surface area contributed by atoms with Crippen molar-refractivity contribution in [1.82, 2.24) is 10.2 Å². The molecule has 1 amide bonds. The number of hydrogen-bond acceptors (Lipinski definition) is 3. The minimum absolute atomic E-state index is 0.374. The van der Waals surface area contributed by atoms with E-state index in [1.165, 1.54) is 11.1 Å². The largest absolute Gasteiger partial charge is 0.431 e. The van der Waals surface area contributed by atoms with Gasteiger partial charge in [0.15, 0.2) is 0 Å². The zero-order valence-corrected chi connectivity index (χ0v) is 12.6. The fraction of sp³-hybridized carbons (Fsp3) is 0.176. The Hall–Kier alpha value is -2.83. The van der Waals surface area contributed by atoms with Gasteiger partial charge < -0.3 is 5.32 Å². The normalized spacial score (nSPS) is 20.5. The minimum Gasteiger partial charge on any atom is -0.357 e. The van der Waals surface area contributed by atoms with E-state index < -0.39 is 23.9 Å². The predicted molar refractivity (Wildman–Crippen MR) is 81.5 cm³/mol. The van der Waals surface area contributed by atoms with Gasteiger partial charge in [0.05, 0.1) is 0 Å².